The van der Waals surface area contributed by atoms with Crippen LogP contribution in [0.15, 0.2) is 54.6 Å². The van der Waals surface area contributed by atoms with Gasteiger partial charge in [-0.15, -0.1) is 0 Å². The second-order valence-corrected chi connectivity index (χ2v) is 9.08. The van der Waals surface area contributed by atoms with E-state index in [1.54, 1.807) is 0 Å². The van der Waals surface area contributed by atoms with E-state index >= 15 is 0 Å². The summed E-state index contributed by atoms with van der Waals surface area (Å²) in [5, 5.41) is 4.34. The number of amides is 1. The number of anilines is 1. The van der Waals surface area contributed by atoms with Gasteiger partial charge < -0.3 is 15.2 Å². The molecule has 1 amide bonds. The van der Waals surface area contributed by atoms with Crippen molar-refractivity contribution in [1.82, 2.24) is 10.3 Å². The number of hydrogen-bond donors (Lipinski definition) is 2. The summed E-state index contributed by atoms with van der Waals surface area (Å²) in [6.07, 6.45) is 7.12. The van der Waals surface area contributed by atoms with Gasteiger partial charge in [0.05, 0.1) is 5.56 Å². The lowest BCUT2D eigenvalue weighted by Crippen LogP contribution is -2.45. The fraction of sp³-hybridized carbons (Fsp3) is 0.423. The minimum absolute atomic E-state index is 0.0614. The number of H-pyrrole nitrogens is 1. The Morgan fingerprint density at radius 3 is 2.40 bits per heavy atom. The first-order chi connectivity index (χ1) is 14.7. The van der Waals surface area contributed by atoms with Crippen molar-refractivity contribution in [1.29, 1.82) is 0 Å². The van der Waals surface area contributed by atoms with Crippen LogP contribution in [-0.2, 0) is 0 Å². The third kappa shape index (κ3) is 3.96. The van der Waals surface area contributed by atoms with Gasteiger partial charge in [0.25, 0.3) is 5.91 Å². The van der Waals surface area contributed by atoms with Crippen LogP contribution in [0.1, 0.15) is 54.6 Å². The zero-order chi connectivity index (χ0) is 20.5. The fourth-order valence-electron chi connectivity index (χ4n) is 5.02. The highest BCUT2D eigenvalue weighted by molar-refractivity contribution is 6.08. The van der Waals surface area contributed by atoms with Crippen molar-refractivity contribution < 1.29 is 4.79 Å². The molecule has 2 saturated carbocycles. The molecule has 4 nitrogen and oxygen atoms in total. The molecule has 0 spiro atoms. The highest BCUT2D eigenvalue weighted by Gasteiger charge is 2.31. The van der Waals surface area contributed by atoms with Crippen LogP contribution in [0.5, 0.6) is 0 Å². The quantitative estimate of drug-likeness (QED) is 0.578. The van der Waals surface area contributed by atoms with Gasteiger partial charge in [-0.2, -0.15) is 0 Å². The van der Waals surface area contributed by atoms with Crippen molar-refractivity contribution >= 4 is 22.5 Å². The van der Waals surface area contributed by atoms with Crippen LogP contribution in [0.3, 0.4) is 0 Å². The van der Waals surface area contributed by atoms with Crippen LogP contribution in [0, 0.1) is 12.8 Å². The van der Waals surface area contributed by atoms with E-state index in [0.29, 0.717) is 6.04 Å². The number of aromatic nitrogens is 1. The summed E-state index contributed by atoms with van der Waals surface area (Å²) in [6.45, 7) is 3.17. The minimum atomic E-state index is 0.0614. The van der Waals surface area contributed by atoms with E-state index < -0.39 is 0 Å². The predicted octanol–water partition coefficient (Wildman–Crippen LogP) is 5.43. The Bertz CT molecular complexity index is 1010. The SMILES string of the molecule is Cc1[nH]c2ccccc2c1C(=O)N[C@H]1CC[C@@H](N(CC2CC2)c2ccccc2)CC1. The van der Waals surface area contributed by atoms with Gasteiger partial charge in [0, 0.05) is 40.9 Å². The van der Waals surface area contributed by atoms with Crippen molar-refractivity contribution in [3.8, 4) is 0 Å². The summed E-state index contributed by atoms with van der Waals surface area (Å²) in [7, 11) is 0. The molecular weight excluding hydrogens is 370 g/mol. The van der Waals surface area contributed by atoms with Gasteiger partial charge in [-0.1, -0.05) is 36.4 Å². The summed E-state index contributed by atoms with van der Waals surface area (Å²) < 4.78 is 0. The third-order valence-electron chi connectivity index (χ3n) is 6.83. The zero-order valence-corrected chi connectivity index (χ0v) is 17.7. The number of nitrogens with one attached hydrogen (secondary N) is 2. The number of benzene rings is 2. The standard InChI is InChI=1S/C26H31N3O/c1-18-25(23-9-5-6-10-24(23)27-18)26(30)28-20-13-15-22(16-14-20)29(17-19-11-12-19)21-7-3-2-4-8-21/h2-10,19-20,22,27H,11-17H2,1H3,(H,28,30)/t20-,22+. The molecule has 4 heteroatoms. The molecule has 0 atom stereocenters. The molecule has 2 aromatic carbocycles. The smallest absolute Gasteiger partial charge is 0.253 e. The molecule has 1 aromatic heterocycles. The van der Waals surface area contributed by atoms with Crippen LogP contribution in [0.2, 0.25) is 0 Å². The molecule has 2 aliphatic carbocycles. The highest BCUT2D eigenvalue weighted by atomic mass is 16.1. The number of carbonyl (C=O) groups excluding carboxylic acids is 1. The van der Waals surface area contributed by atoms with Crippen molar-refractivity contribution in [2.24, 2.45) is 5.92 Å². The number of aryl methyl sites for hydroxylation is 1. The maximum Gasteiger partial charge on any atom is 0.253 e. The van der Waals surface area contributed by atoms with E-state index in [2.05, 4.69) is 45.5 Å². The average Bonchev–Trinajstić information content (AvgIpc) is 3.53. The maximum absolute atomic E-state index is 13.1. The van der Waals surface area contributed by atoms with E-state index in [9.17, 15) is 4.79 Å². The number of rotatable bonds is 6. The first-order valence-electron chi connectivity index (χ1n) is 11.4. The van der Waals surface area contributed by atoms with Crippen molar-refractivity contribution in [2.45, 2.75) is 57.5 Å². The Morgan fingerprint density at radius 1 is 0.967 bits per heavy atom. The van der Waals surface area contributed by atoms with Gasteiger partial charge in [0.2, 0.25) is 0 Å². The molecule has 156 valence electrons. The van der Waals surface area contributed by atoms with Gasteiger partial charge in [-0.05, 0) is 69.6 Å². The Kier molecular flexibility index (Phi) is 5.24. The van der Waals surface area contributed by atoms with Crippen LogP contribution in [0.4, 0.5) is 5.69 Å². The average molecular weight is 402 g/mol. The number of aromatic amines is 1. The summed E-state index contributed by atoms with van der Waals surface area (Å²) >= 11 is 0. The molecule has 1 heterocycles. The van der Waals surface area contributed by atoms with Gasteiger partial charge in [0.15, 0.2) is 0 Å². The van der Waals surface area contributed by atoms with E-state index in [1.807, 2.05) is 31.2 Å². The molecular formula is C26H31N3O. The van der Waals surface area contributed by atoms with Crippen molar-refractivity contribution in [3.05, 3.63) is 65.9 Å². The van der Waals surface area contributed by atoms with Gasteiger partial charge in [-0.25, -0.2) is 0 Å². The van der Waals surface area contributed by atoms with Gasteiger partial charge >= 0.3 is 0 Å². The molecule has 5 rings (SSSR count). The number of para-hydroxylation sites is 2. The second-order valence-electron chi connectivity index (χ2n) is 9.08. The maximum atomic E-state index is 13.1. The minimum Gasteiger partial charge on any atom is -0.368 e. The highest BCUT2D eigenvalue weighted by Crippen LogP contribution is 2.35. The van der Waals surface area contributed by atoms with Crippen molar-refractivity contribution in [2.75, 3.05) is 11.4 Å². The summed E-state index contributed by atoms with van der Waals surface area (Å²) in [6, 6.07) is 19.8. The summed E-state index contributed by atoms with van der Waals surface area (Å²) in [5.41, 5.74) is 4.13. The van der Waals surface area contributed by atoms with Crippen LogP contribution in [0.25, 0.3) is 10.9 Å². The topological polar surface area (TPSA) is 48.1 Å². The molecule has 0 aliphatic heterocycles. The zero-order valence-electron chi connectivity index (χ0n) is 17.7. The van der Waals surface area contributed by atoms with Crippen LogP contribution in [-0.4, -0.2) is 29.5 Å². The lowest BCUT2D eigenvalue weighted by atomic mass is 9.89. The fourth-order valence-corrected chi connectivity index (χ4v) is 5.02. The third-order valence-corrected chi connectivity index (χ3v) is 6.83. The molecule has 2 aliphatic rings. The Balaban J connectivity index is 1.24. The van der Waals surface area contributed by atoms with E-state index in [0.717, 1.165) is 53.8 Å². The lowest BCUT2D eigenvalue weighted by molar-refractivity contribution is 0.0926. The van der Waals surface area contributed by atoms with E-state index in [1.165, 1.54) is 25.1 Å². The monoisotopic (exact) mass is 401 g/mol. The first kappa shape index (κ1) is 19.2. The Morgan fingerprint density at radius 2 is 1.67 bits per heavy atom. The molecule has 2 fully saturated rings. The number of nitrogens with zero attached hydrogens (tertiary/aromatic N) is 1. The van der Waals surface area contributed by atoms with E-state index in [4.69, 9.17) is 0 Å². The Labute approximate surface area is 178 Å². The largest absolute Gasteiger partial charge is 0.368 e. The van der Waals surface area contributed by atoms with Gasteiger partial charge in [0.1, 0.15) is 0 Å². The van der Waals surface area contributed by atoms with E-state index in [-0.39, 0.29) is 11.9 Å². The second kappa shape index (κ2) is 8.17. The summed E-state index contributed by atoms with van der Waals surface area (Å²) in [4.78, 5) is 19.0. The number of hydrogen-bond acceptors (Lipinski definition) is 2. The molecule has 0 radical (unpaired) electrons. The van der Waals surface area contributed by atoms with Crippen LogP contribution >= 0.6 is 0 Å². The normalized spacial score (nSPS) is 21.5. The lowest BCUT2D eigenvalue weighted by Gasteiger charge is -2.39. The molecule has 30 heavy (non-hydrogen) atoms. The molecule has 0 saturated heterocycles. The van der Waals surface area contributed by atoms with Gasteiger partial charge in [-0.3, -0.25) is 4.79 Å². The first-order valence-corrected chi connectivity index (χ1v) is 11.4. The van der Waals surface area contributed by atoms with Crippen molar-refractivity contribution in [3.63, 3.8) is 0 Å². The summed E-state index contributed by atoms with van der Waals surface area (Å²) in [5.74, 6) is 0.929. The number of carbonyl (C=O) groups is 1. The number of fused-ring (bicyclic) bond motifs is 1. The molecule has 0 unspecified atom stereocenters. The molecule has 2 N–H and O–H groups in total. The Hall–Kier alpha value is -2.75. The molecule has 0 bridgehead atoms. The van der Waals surface area contributed by atoms with Crippen LogP contribution < -0.4 is 10.2 Å². The molecule has 3 aromatic rings. The predicted molar refractivity (Wildman–Crippen MR) is 123 cm³/mol.